The number of nitrogens with one attached hydrogen (secondary N) is 3. The third-order valence-electron chi connectivity index (χ3n) is 10.8. The highest BCUT2D eigenvalue weighted by atomic mass is 16.5. The van der Waals surface area contributed by atoms with Crippen LogP contribution >= 0.6 is 0 Å². The fourth-order valence-electron chi connectivity index (χ4n) is 7.98. The number of H-pyrrole nitrogens is 1. The predicted molar refractivity (Wildman–Crippen MR) is 218 cm³/mol. The van der Waals surface area contributed by atoms with Gasteiger partial charge < -0.3 is 36.1 Å². The van der Waals surface area contributed by atoms with Crippen molar-refractivity contribution in [2.24, 2.45) is 11.7 Å². The normalized spacial score (nSPS) is 15.1. The minimum atomic E-state index is -0.950. The Morgan fingerprint density at radius 3 is 2.16 bits per heavy atom. The van der Waals surface area contributed by atoms with Crippen molar-refractivity contribution in [1.29, 1.82) is 0 Å². The minimum absolute atomic E-state index is 0.0158. The van der Waals surface area contributed by atoms with E-state index in [0.717, 1.165) is 35.2 Å². The number of primary amides is 1. The summed E-state index contributed by atoms with van der Waals surface area (Å²) in [5.74, 6) is 0.00989. The number of aliphatic hydroxyl groups is 1. The highest BCUT2D eigenvalue weighted by Crippen LogP contribution is 2.43. The number of nitrogens with two attached hydrogens (primary N) is 1. The lowest BCUT2D eigenvalue weighted by Crippen LogP contribution is -2.49. The quantitative estimate of drug-likeness (QED) is 0.0884. The molecule has 0 aliphatic carbocycles. The Morgan fingerprint density at radius 1 is 0.839 bits per heavy atom. The SMILES string of the molecule is NC(=O)C(c1ccccc1)(c1ccccc1)[C@@H]1CCN(CCNC(=O)c2ccc(CNC[C@@H](O)c3ccc(OCc4ccccc4)c4[nH]c(=O)ccc34)cc2)C1. The number of fused-ring (bicyclic) bond motifs is 1. The second kappa shape index (κ2) is 17.6. The molecule has 2 amide bonds. The first kappa shape index (κ1) is 38.2. The highest BCUT2D eigenvalue weighted by molar-refractivity contribution is 5.94. The summed E-state index contributed by atoms with van der Waals surface area (Å²) in [5.41, 5.74) is 10.6. The number of benzene rings is 5. The number of aromatic nitrogens is 1. The molecule has 6 N–H and O–H groups in total. The Morgan fingerprint density at radius 2 is 1.50 bits per heavy atom. The number of pyridine rings is 1. The smallest absolute Gasteiger partial charge is 0.251 e. The average Bonchev–Trinajstić information content (AvgIpc) is 3.70. The van der Waals surface area contributed by atoms with E-state index in [1.807, 2.05) is 109 Å². The van der Waals surface area contributed by atoms with Gasteiger partial charge in [0.15, 0.2) is 0 Å². The number of carbonyl (C=O) groups is 2. The summed E-state index contributed by atoms with van der Waals surface area (Å²) in [6.45, 7) is 3.71. The maximum absolute atomic E-state index is 13.4. The zero-order valence-electron chi connectivity index (χ0n) is 31.2. The summed E-state index contributed by atoms with van der Waals surface area (Å²) in [6, 6.07) is 43.6. The van der Waals surface area contributed by atoms with E-state index in [1.165, 1.54) is 6.07 Å². The Labute approximate surface area is 326 Å². The standard InChI is InChI=1S/C46H47N5O5/c47-45(55)46(35-12-6-2-7-13-35,36-14-8-3-9-15-36)37-24-26-51(30-37)27-25-49-44(54)34-18-16-32(17-19-34)28-48-29-40(52)38-20-22-41(43-39(38)21-23-42(53)50-43)56-31-33-10-4-1-5-11-33/h1-23,37,40,48,52H,24-31H2,(H2,47,55)(H,49,54)(H,50,53)/t37-,40-/m1/s1. The van der Waals surface area contributed by atoms with E-state index < -0.39 is 11.5 Å². The summed E-state index contributed by atoms with van der Waals surface area (Å²) in [7, 11) is 0. The number of likely N-dealkylation sites (tertiary alicyclic amines) is 1. The van der Waals surface area contributed by atoms with E-state index in [9.17, 15) is 19.5 Å². The molecule has 0 unspecified atom stereocenters. The zero-order chi connectivity index (χ0) is 38.9. The third kappa shape index (κ3) is 8.43. The van der Waals surface area contributed by atoms with Crippen LogP contribution in [0.3, 0.4) is 0 Å². The van der Waals surface area contributed by atoms with Crippen molar-refractivity contribution in [3.63, 3.8) is 0 Å². The molecule has 1 aromatic heterocycles. The van der Waals surface area contributed by atoms with Gasteiger partial charge in [0.2, 0.25) is 11.5 Å². The van der Waals surface area contributed by atoms with Crippen LogP contribution < -0.4 is 26.7 Å². The van der Waals surface area contributed by atoms with Gasteiger partial charge in [-0.1, -0.05) is 109 Å². The van der Waals surface area contributed by atoms with Crippen LogP contribution in [0, 0.1) is 5.92 Å². The molecule has 0 radical (unpaired) electrons. The highest BCUT2D eigenvalue weighted by Gasteiger charge is 2.49. The maximum atomic E-state index is 13.4. The van der Waals surface area contributed by atoms with Crippen LogP contribution in [0.4, 0.5) is 0 Å². The number of carbonyl (C=O) groups excluding carboxylic acids is 2. The van der Waals surface area contributed by atoms with Gasteiger partial charge in [0, 0.05) is 49.7 Å². The van der Waals surface area contributed by atoms with Crippen LogP contribution in [-0.2, 0) is 23.4 Å². The van der Waals surface area contributed by atoms with Crippen molar-refractivity contribution >= 4 is 22.7 Å². The maximum Gasteiger partial charge on any atom is 0.251 e. The summed E-state index contributed by atoms with van der Waals surface area (Å²) in [5, 5.41) is 18.2. The lowest BCUT2D eigenvalue weighted by Gasteiger charge is -2.37. The van der Waals surface area contributed by atoms with Gasteiger partial charge in [-0.2, -0.15) is 0 Å². The molecular formula is C46H47N5O5. The number of ether oxygens (including phenoxy) is 1. The Hall–Kier alpha value is -6.07. The van der Waals surface area contributed by atoms with Gasteiger partial charge in [-0.3, -0.25) is 14.4 Å². The first-order chi connectivity index (χ1) is 27.3. The molecule has 6 aromatic rings. The van der Waals surface area contributed by atoms with Crippen molar-refractivity contribution in [3.8, 4) is 5.75 Å². The molecule has 7 rings (SSSR count). The molecule has 1 fully saturated rings. The Balaban J connectivity index is 0.900. The summed E-state index contributed by atoms with van der Waals surface area (Å²) in [6.07, 6.45) is -0.0347. The van der Waals surface area contributed by atoms with Gasteiger partial charge in [0.1, 0.15) is 17.8 Å². The minimum Gasteiger partial charge on any atom is -0.487 e. The molecule has 0 bridgehead atoms. The molecule has 0 saturated carbocycles. The fourth-order valence-corrected chi connectivity index (χ4v) is 7.98. The van der Waals surface area contributed by atoms with Gasteiger partial charge in [-0.05, 0) is 71.0 Å². The number of nitrogens with zero attached hydrogens (tertiary/aromatic N) is 1. The van der Waals surface area contributed by atoms with Gasteiger partial charge in [0.25, 0.3) is 5.91 Å². The van der Waals surface area contributed by atoms with Crippen molar-refractivity contribution in [1.82, 2.24) is 20.5 Å². The average molecular weight is 750 g/mol. The first-order valence-corrected chi connectivity index (χ1v) is 19.0. The van der Waals surface area contributed by atoms with Crippen molar-refractivity contribution in [2.45, 2.75) is 31.1 Å². The first-order valence-electron chi connectivity index (χ1n) is 19.0. The van der Waals surface area contributed by atoms with Crippen molar-refractivity contribution in [2.75, 3.05) is 32.7 Å². The summed E-state index contributed by atoms with van der Waals surface area (Å²) in [4.78, 5) is 43.8. The number of rotatable bonds is 16. The number of hydrogen-bond acceptors (Lipinski definition) is 7. The molecule has 1 aliphatic heterocycles. The lowest BCUT2D eigenvalue weighted by atomic mass is 9.64. The van der Waals surface area contributed by atoms with Crippen LogP contribution in [0.5, 0.6) is 5.75 Å². The molecular weight excluding hydrogens is 703 g/mol. The van der Waals surface area contributed by atoms with E-state index in [1.54, 1.807) is 24.3 Å². The van der Waals surface area contributed by atoms with Crippen LogP contribution in [0.2, 0.25) is 0 Å². The molecule has 286 valence electrons. The largest absolute Gasteiger partial charge is 0.487 e. The Kier molecular flexibility index (Phi) is 12.0. The van der Waals surface area contributed by atoms with Crippen molar-refractivity contribution in [3.05, 3.63) is 183 Å². The van der Waals surface area contributed by atoms with Gasteiger partial charge >= 0.3 is 0 Å². The molecule has 0 spiro atoms. The topological polar surface area (TPSA) is 150 Å². The third-order valence-corrected chi connectivity index (χ3v) is 10.8. The molecule has 2 heterocycles. The lowest BCUT2D eigenvalue weighted by molar-refractivity contribution is -0.123. The van der Waals surface area contributed by atoms with Crippen LogP contribution in [0.1, 0.15) is 50.7 Å². The molecule has 10 heteroatoms. The second-order valence-corrected chi connectivity index (χ2v) is 14.3. The predicted octanol–water partition coefficient (Wildman–Crippen LogP) is 5.45. The van der Waals surface area contributed by atoms with Gasteiger partial charge in [-0.15, -0.1) is 0 Å². The van der Waals surface area contributed by atoms with Gasteiger partial charge in [-0.25, -0.2) is 0 Å². The van der Waals surface area contributed by atoms with E-state index in [2.05, 4.69) is 20.5 Å². The molecule has 1 aliphatic rings. The molecule has 1 saturated heterocycles. The van der Waals surface area contributed by atoms with Gasteiger partial charge in [0.05, 0.1) is 11.6 Å². The van der Waals surface area contributed by atoms with Crippen LogP contribution in [0.25, 0.3) is 10.9 Å². The summed E-state index contributed by atoms with van der Waals surface area (Å²) >= 11 is 0. The van der Waals surface area contributed by atoms with E-state index in [-0.39, 0.29) is 29.8 Å². The van der Waals surface area contributed by atoms with E-state index >= 15 is 0 Å². The molecule has 5 aromatic carbocycles. The number of aliphatic hydroxyl groups excluding tert-OH is 1. The summed E-state index contributed by atoms with van der Waals surface area (Å²) < 4.78 is 6.04. The molecule has 10 nitrogen and oxygen atoms in total. The van der Waals surface area contributed by atoms with Crippen molar-refractivity contribution < 1.29 is 19.4 Å². The zero-order valence-corrected chi connectivity index (χ0v) is 31.2. The Bertz CT molecular complexity index is 2260. The fraction of sp³-hybridized carbons (Fsp3) is 0.239. The molecule has 56 heavy (non-hydrogen) atoms. The van der Waals surface area contributed by atoms with Crippen LogP contribution in [0.15, 0.2) is 144 Å². The number of aromatic amines is 1. The van der Waals surface area contributed by atoms with Crippen LogP contribution in [-0.4, -0.2) is 59.5 Å². The second-order valence-electron chi connectivity index (χ2n) is 14.3. The molecule has 2 atom stereocenters. The monoisotopic (exact) mass is 749 g/mol. The van der Waals surface area contributed by atoms with E-state index in [4.69, 9.17) is 10.5 Å². The number of hydrogen-bond donors (Lipinski definition) is 5. The number of amides is 2. The van der Waals surface area contributed by atoms with E-state index in [0.29, 0.717) is 60.6 Å².